The smallest absolute Gasteiger partial charge is 0.302 e. The highest BCUT2D eigenvalue weighted by Gasteiger charge is 2.74. The van der Waals surface area contributed by atoms with Gasteiger partial charge in [-0.25, -0.2) is 0 Å². The van der Waals surface area contributed by atoms with Crippen molar-refractivity contribution in [3.05, 3.63) is 11.6 Å². The predicted octanol–water partition coefficient (Wildman–Crippen LogP) is 3.54. The van der Waals surface area contributed by atoms with Crippen molar-refractivity contribution in [3.63, 3.8) is 0 Å². The molecule has 1 saturated heterocycles. The van der Waals surface area contributed by atoms with E-state index in [9.17, 15) is 30.0 Å². The zero-order valence-corrected chi connectivity index (χ0v) is 27.4. The van der Waals surface area contributed by atoms with Crippen LogP contribution in [0, 0.1) is 45.3 Å². The molecule has 5 rings (SSSR count). The van der Waals surface area contributed by atoms with Gasteiger partial charge in [0.05, 0.1) is 23.9 Å². The molecule has 3 saturated carbocycles. The molecule has 43 heavy (non-hydrogen) atoms. The summed E-state index contributed by atoms with van der Waals surface area (Å²) in [4.78, 5) is 25.8. The number of Topliss-reactive ketones (excluding diaryl/α,β-unsaturated/α-hetero) is 1. The molecule has 4 fully saturated rings. The molecular weight excluding hydrogens is 552 g/mol. The summed E-state index contributed by atoms with van der Waals surface area (Å²) in [6, 6.07) is 0. The van der Waals surface area contributed by atoms with Crippen molar-refractivity contribution in [2.45, 2.75) is 137 Å². The topological polar surface area (TPSA) is 143 Å². The Balaban J connectivity index is 1.57. The second kappa shape index (κ2) is 10.6. The summed E-state index contributed by atoms with van der Waals surface area (Å²) in [6.45, 7) is 17.0. The van der Waals surface area contributed by atoms with Gasteiger partial charge in [-0.05, 0) is 63.7 Å². The Kier molecular flexibility index (Phi) is 8.13. The van der Waals surface area contributed by atoms with Crippen LogP contribution in [-0.2, 0) is 23.8 Å². The molecule has 0 aromatic heterocycles. The highest BCUT2D eigenvalue weighted by Crippen LogP contribution is 2.73. The summed E-state index contributed by atoms with van der Waals surface area (Å²) < 4.78 is 18.5. The second-order valence-electron chi connectivity index (χ2n) is 16.0. The van der Waals surface area contributed by atoms with Crippen LogP contribution < -0.4 is 0 Å². The summed E-state index contributed by atoms with van der Waals surface area (Å²) in [6.07, 6.45) is -0.283. The average molecular weight is 607 g/mol. The number of ether oxygens (including phenoxy) is 3. The molecule has 9 nitrogen and oxygen atoms in total. The monoisotopic (exact) mass is 606 g/mol. The lowest BCUT2D eigenvalue weighted by atomic mass is 9.36. The molecule has 0 aromatic carbocycles. The minimum atomic E-state index is -1.34. The normalized spacial score (nSPS) is 48.2. The fraction of sp³-hybridized carbons (Fsp3) is 0.882. The van der Waals surface area contributed by atoms with Crippen molar-refractivity contribution in [3.8, 4) is 0 Å². The molecule has 0 spiro atoms. The lowest BCUT2D eigenvalue weighted by Crippen LogP contribution is -2.72. The summed E-state index contributed by atoms with van der Waals surface area (Å²) in [7, 11) is 0. The van der Waals surface area contributed by atoms with Crippen LogP contribution in [0.3, 0.4) is 0 Å². The number of aliphatic hydroxyl groups is 4. The summed E-state index contributed by atoms with van der Waals surface area (Å²) in [5, 5.41) is 45.4. The molecule has 1 aliphatic heterocycles. The van der Waals surface area contributed by atoms with Crippen molar-refractivity contribution in [2.75, 3.05) is 6.61 Å². The number of ketones is 1. The lowest BCUT2D eigenvalue weighted by molar-refractivity contribution is -0.253. The summed E-state index contributed by atoms with van der Waals surface area (Å²) in [5.74, 6) is -1.25. The lowest BCUT2D eigenvalue weighted by Gasteiger charge is -2.69. The molecule has 0 aromatic rings. The Morgan fingerprint density at radius 3 is 2.40 bits per heavy atom. The van der Waals surface area contributed by atoms with Gasteiger partial charge in [0.15, 0.2) is 6.29 Å². The van der Waals surface area contributed by atoms with Crippen molar-refractivity contribution in [1.29, 1.82) is 0 Å². The largest absolute Gasteiger partial charge is 0.462 e. The third-order valence-electron chi connectivity index (χ3n) is 12.9. The molecule has 0 unspecified atom stereocenters. The van der Waals surface area contributed by atoms with Crippen molar-refractivity contribution in [2.24, 2.45) is 45.3 Å². The van der Waals surface area contributed by atoms with Crippen LogP contribution in [-0.4, -0.2) is 81.2 Å². The van der Waals surface area contributed by atoms with Gasteiger partial charge < -0.3 is 34.6 Å². The fourth-order valence-corrected chi connectivity index (χ4v) is 10.9. The Morgan fingerprint density at radius 2 is 1.81 bits per heavy atom. The summed E-state index contributed by atoms with van der Waals surface area (Å²) >= 11 is 0. The summed E-state index contributed by atoms with van der Waals surface area (Å²) in [5.41, 5.74) is -3.05. The molecule has 9 heteroatoms. The number of carbonyl (C=O) groups is 2. The van der Waals surface area contributed by atoms with E-state index in [2.05, 4.69) is 19.9 Å². The van der Waals surface area contributed by atoms with Crippen LogP contribution in [0.2, 0.25) is 0 Å². The average Bonchev–Trinajstić information content (AvgIpc) is 3.44. The SMILES string of the molecule is CCO[C@@H]1O[C@H]([C@H](O)C(C)(C)O)C[C@H]1[C@@H]1CC=C2[C@]3(C)[C@H](OC(C)=O)C[C@H]4C(C)(C)C(=O)C[C@H](O)[C@]4(C)[C@H]3[C@H](O)C[C@]21C. The highest BCUT2D eigenvalue weighted by atomic mass is 16.7. The second-order valence-corrected chi connectivity index (χ2v) is 16.0. The van der Waals surface area contributed by atoms with Gasteiger partial charge >= 0.3 is 5.97 Å². The fourth-order valence-electron chi connectivity index (χ4n) is 10.9. The van der Waals surface area contributed by atoms with E-state index in [0.29, 0.717) is 32.3 Å². The number of aliphatic hydroxyl groups excluding tert-OH is 3. The van der Waals surface area contributed by atoms with Gasteiger partial charge in [0.1, 0.15) is 18.0 Å². The van der Waals surface area contributed by atoms with E-state index in [4.69, 9.17) is 14.2 Å². The van der Waals surface area contributed by atoms with Crippen molar-refractivity contribution in [1.82, 2.24) is 0 Å². The maximum Gasteiger partial charge on any atom is 0.302 e. The highest BCUT2D eigenvalue weighted by molar-refractivity contribution is 5.86. The van der Waals surface area contributed by atoms with Gasteiger partial charge in [0.25, 0.3) is 0 Å². The zero-order chi connectivity index (χ0) is 32.1. The van der Waals surface area contributed by atoms with Gasteiger partial charge in [0.2, 0.25) is 0 Å². The van der Waals surface area contributed by atoms with Crippen LogP contribution in [0.25, 0.3) is 0 Å². The van der Waals surface area contributed by atoms with E-state index in [1.807, 2.05) is 27.7 Å². The molecule has 1 heterocycles. The van der Waals surface area contributed by atoms with Crippen LogP contribution in [0.1, 0.15) is 94.4 Å². The van der Waals surface area contributed by atoms with E-state index in [1.165, 1.54) is 6.92 Å². The number of carbonyl (C=O) groups excluding carboxylic acids is 2. The van der Waals surface area contributed by atoms with Crippen LogP contribution in [0.15, 0.2) is 11.6 Å². The first-order valence-electron chi connectivity index (χ1n) is 16.2. The first-order chi connectivity index (χ1) is 19.7. The van der Waals surface area contributed by atoms with Gasteiger partial charge in [-0.2, -0.15) is 0 Å². The molecule has 0 bridgehead atoms. The molecule has 4 N–H and O–H groups in total. The third-order valence-corrected chi connectivity index (χ3v) is 12.9. The maximum atomic E-state index is 13.2. The predicted molar refractivity (Wildman–Crippen MR) is 158 cm³/mol. The van der Waals surface area contributed by atoms with Crippen LogP contribution in [0.4, 0.5) is 0 Å². The third kappa shape index (κ3) is 4.70. The molecule has 4 aliphatic carbocycles. The quantitative estimate of drug-likeness (QED) is 0.264. The van der Waals surface area contributed by atoms with E-state index in [0.717, 1.165) is 5.57 Å². The number of esters is 1. The minimum Gasteiger partial charge on any atom is -0.462 e. The number of fused-ring (bicyclic) bond motifs is 5. The minimum absolute atomic E-state index is 0.00304. The van der Waals surface area contributed by atoms with Crippen molar-refractivity contribution >= 4 is 11.8 Å². The number of allylic oxidation sites excluding steroid dienone is 1. The number of hydrogen-bond acceptors (Lipinski definition) is 9. The van der Waals surface area contributed by atoms with Crippen molar-refractivity contribution < 1.29 is 44.2 Å². The molecule has 244 valence electrons. The van der Waals surface area contributed by atoms with E-state index >= 15 is 0 Å². The van der Waals surface area contributed by atoms with Crippen LogP contribution >= 0.6 is 0 Å². The van der Waals surface area contributed by atoms with Gasteiger partial charge in [0, 0.05) is 48.0 Å². The Hall–Kier alpha value is -1.36. The number of hydrogen-bond donors (Lipinski definition) is 4. The molecule has 0 radical (unpaired) electrons. The van der Waals surface area contributed by atoms with E-state index < -0.39 is 76.0 Å². The van der Waals surface area contributed by atoms with Gasteiger partial charge in [-0.3, -0.25) is 9.59 Å². The molecule has 5 aliphatic rings. The first-order valence-corrected chi connectivity index (χ1v) is 16.2. The van der Waals surface area contributed by atoms with Gasteiger partial charge in [-0.1, -0.05) is 46.3 Å². The Morgan fingerprint density at radius 1 is 1.16 bits per heavy atom. The zero-order valence-electron chi connectivity index (χ0n) is 27.4. The van der Waals surface area contributed by atoms with Crippen LogP contribution in [0.5, 0.6) is 0 Å². The van der Waals surface area contributed by atoms with E-state index in [1.54, 1.807) is 13.8 Å². The Labute approximate surface area is 256 Å². The standard InChI is InChI=1S/C34H54O9/c1-10-41-29-18(13-21(43-29)28(39)31(5,6)40)19-11-12-22-32(19,7)16-20(36)27-33(8)23(30(3,4)24(37)15-25(33)38)14-26(34(22,27)9)42-17(2)35/h12,18-21,23,25-29,36,38-40H,10-11,13-16H2,1-9H3/t18-,19-,20+,21-,23-,25-,26+,27+,28-,29+,32-,33+,34+/m0/s1. The molecular formula is C34H54O9. The first kappa shape index (κ1) is 33.0. The maximum absolute atomic E-state index is 13.2. The molecule has 0 amide bonds. The van der Waals surface area contributed by atoms with Gasteiger partial charge in [-0.15, -0.1) is 0 Å². The number of rotatable bonds is 6. The molecule has 13 atom stereocenters. The van der Waals surface area contributed by atoms with E-state index in [-0.39, 0.29) is 30.0 Å². The Bertz CT molecular complexity index is 1160.